The van der Waals surface area contributed by atoms with Gasteiger partial charge < -0.3 is 14.3 Å². The molecule has 128 valence electrons. The van der Waals surface area contributed by atoms with Crippen LogP contribution in [0.3, 0.4) is 0 Å². The quantitative estimate of drug-likeness (QED) is 0.616. The molecule has 0 saturated carbocycles. The van der Waals surface area contributed by atoms with E-state index < -0.39 is 14.2 Å². The summed E-state index contributed by atoms with van der Waals surface area (Å²) in [6, 6.07) is 29.7. The predicted octanol–water partition coefficient (Wildman–Crippen LogP) is 4.96. The van der Waals surface area contributed by atoms with Crippen LogP contribution in [-0.4, -0.2) is 9.79 Å². The Bertz CT molecular complexity index is 739. The summed E-state index contributed by atoms with van der Waals surface area (Å²) in [7, 11) is -2.53. The van der Waals surface area contributed by atoms with E-state index in [-0.39, 0.29) is 5.92 Å². The van der Waals surface area contributed by atoms with Crippen molar-refractivity contribution in [3.8, 4) is 0 Å². The number of benzene rings is 3. The minimum absolute atomic E-state index is 0.193. The smallest absolute Gasteiger partial charge is 0.327 e. The molecule has 4 heteroatoms. The maximum absolute atomic E-state index is 9.69. The van der Waals surface area contributed by atoms with Gasteiger partial charge in [-0.15, -0.1) is 0 Å². The second kappa shape index (κ2) is 7.90. The van der Waals surface area contributed by atoms with Gasteiger partial charge in [0.05, 0.1) is 0 Å². The van der Waals surface area contributed by atoms with Crippen LogP contribution in [0.1, 0.15) is 29.5 Å². The van der Waals surface area contributed by atoms with Crippen molar-refractivity contribution in [3.05, 3.63) is 108 Å². The van der Waals surface area contributed by atoms with Crippen LogP contribution in [0.2, 0.25) is 0 Å². The van der Waals surface area contributed by atoms with Crippen molar-refractivity contribution in [3.63, 3.8) is 0 Å². The van der Waals surface area contributed by atoms with Crippen molar-refractivity contribution in [2.75, 3.05) is 0 Å². The van der Waals surface area contributed by atoms with Crippen molar-refractivity contribution >= 4 is 8.60 Å². The third-order valence-corrected chi connectivity index (χ3v) is 4.98. The van der Waals surface area contributed by atoms with E-state index in [1.807, 2.05) is 97.9 Å². The fourth-order valence-electron chi connectivity index (χ4n) is 3.33. The van der Waals surface area contributed by atoms with Crippen molar-refractivity contribution in [2.24, 2.45) is 0 Å². The van der Waals surface area contributed by atoms with E-state index in [2.05, 4.69) is 0 Å². The monoisotopic (exact) mass is 352 g/mol. The molecule has 3 nitrogen and oxygen atoms in total. The van der Waals surface area contributed by atoms with Crippen LogP contribution < -0.4 is 0 Å². The second-order valence-corrected chi connectivity index (χ2v) is 6.76. The Kier molecular flexibility index (Phi) is 5.62. The van der Waals surface area contributed by atoms with Gasteiger partial charge in [-0.25, -0.2) is 0 Å². The van der Waals surface area contributed by atoms with Crippen molar-refractivity contribution < 1.29 is 14.3 Å². The molecule has 0 aliphatic heterocycles. The third kappa shape index (κ3) is 3.97. The fourth-order valence-corrected chi connectivity index (χ4v) is 3.88. The van der Waals surface area contributed by atoms with Gasteiger partial charge in [0.1, 0.15) is 5.60 Å². The molecule has 0 saturated heterocycles. The standard InChI is InChI=1S/C21H21O3P/c1-21(24-25(22)23,19-15-9-4-10-16-19)20(17-11-5-2-6-12-17)18-13-7-3-8-14-18/h2-16,20,22-23H,1H3. The SMILES string of the molecule is CC(OP(O)O)(c1ccccc1)C(c1ccccc1)c1ccccc1. The number of hydrogen-bond donors (Lipinski definition) is 2. The highest BCUT2D eigenvalue weighted by molar-refractivity contribution is 7.39. The Morgan fingerprint density at radius 2 is 1.12 bits per heavy atom. The molecule has 0 radical (unpaired) electrons. The molecule has 3 rings (SSSR count). The van der Waals surface area contributed by atoms with Crippen LogP contribution in [0.15, 0.2) is 91.0 Å². The average Bonchev–Trinajstić information content (AvgIpc) is 2.64. The van der Waals surface area contributed by atoms with Gasteiger partial charge >= 0.3 is 8.60 Å². The Labute approximate surface area is 149 Å². The highest BCUT2D eigenvalue weighted by Gasteiger charge is 2.41. The Balaban J connectivity index is 2.20. The molecule has 3 aromatic rings. The highest BCUT2D eigenvalue weighted by Crippen LogP contribution is 2.50. The van der Waals surface area contributed by atoms with Crippen LogP contribution in [-0.2, 0) is 10.1 Å². The summed E-state index contributed by atoms with van der Waals surface area (Å²) in [4.78, 5) is 19.4. The van der Waals surface area contributed by atoms with Crippen LogP contribution in [0.5, 0.6) is 0 Å². The largest absolute Gasteiger partial charge is 0.328 e. The molecule has 2 N–H and O–H groups in total. The lowest BCUT2D eigenvalue weighted by Gasteiger charge is -2.38. The van der Waals surface area contributed by atoms with Crippen molar-refractivity contribution in [1.29, 1.82) is 0 Å². The first kappa shape index (κ1) is 17.8. The zero-order valence-electron chi connectivity index (χ0n) is 14.0. The summed E-state index contributed by atoms with van der Waals surface area (Å²) in [5.41, 5.74) is 2.07. The van der Waals surface area contributed by atoms with E-state index in [0.717, 1.165) is 16.7 Å². The molecule has 0 aliphatic carbocycles. The average molecular weight is 352 g/mol. The lowest BCUT2D eigenvalue weighted by molar-refractivity contribution is 0.0533. The van der Waals surface area contributed by atoms with Gasteiger partial charge in [-0.05, 0) is 23.6 Å². The summed E-state index contributed by atoms with van der Waals surface area (Å²) >= 11 is 0. The molecule has 0 heterocycles. The Morgan fingerprint density at radius 1 is 0.720 bits per heavy atom. The molecule has 1 atom stereocenters. The van der Waals surface area contributed by atoms with Crippen molar-refractivity contribution in [2.45, 2.75) is 18.4 Å². The summed E-state index contributed by atoms with van der Waals surface area (Å²) < 4.78 is 5.77. The Morgan fingerprint density at radius 3 is 1.52 bits per heavy atom. The van der Waals surface area contributed by atoms with Gasteiger partial charge in [-0.1, -0.05) is 91.0 Å². The summed E-state index contributed by atoms with van der Waals surface area (Å²) in [5.74, 6) is -0.193. The first-order valence-electron chi connectivity index (χ1n) is 8.13. The first-order chi connectivity index (χ1) is 12.1. The maximum Gasteiger partial charge on any atom is 0.327 e. The lowest BCUT2D eigenvalue weighted by Crippen LogP contribution is -2.33. The predicted molar refractivity (Wildman–Crippen MR) is 101 cm³/mol. The summed E-state index contributed by atoms with van der Waals surface area (Å²) in [6.45, 7) is 1.91. The Hall–Kier alpha value is -2.03. The molecule has 25 heavy (non-hydrogen) atoms. The van der Waals surface area contributed by atoms with E-state index in [1.165, 1.54) is 0 Å². The summed E-state index contributed by atoms with van der Waals surface area (Å²) in [5, 5.41) is 0. The minimum Gasteiger partial charge on any atom is -0.328 e. The lowest BCUT2D eigenvalue weighted by atomic mass is 9.75. The molecular weight excluding hydrogens is 331 g/mol. The van der Waals surface area contributed by atoms with Crippen LogP contribution in [0, 0.1) is 0 Å². The third-order valence-electron chi connectivity index (χ3n) is 4.43. The van der Waals surface area contributed by atoms with E-state index in [0.29, 0.717) is 0 Å². The van der Waals surface area contributed by atoms with E-state index in [4.69, 9.17) is 4.52 Å². The maximum atomic E-state index is 9.69. The van der Waals surface area contributed by atoms with E-state index in [1.54, 1.807) is 0 Å². The zero-order chi connectivity index (χ0) is 17.7. The molecule has 1 unspecified atom stereocenters. The summed E-state index contributed by atoms with van der Waals surface area (Å²) in [6.07, 6.45) is 0. The van der Waals surface area contributed by atoms with Crippen LogP contribution in [0.25, 0.3) is 0 Å². The molecular formula is C21H21O3P. The van der Waals surface area contributed by atoms with E-state index in [9.17, 15) is 9.79 Å². The zero-order valence-corrected chi connectivity index (χ0v) is 14.9. The molecule has 0 fully saturated rings. The highest BCUT2D eigenvalue weighted by atomic mass is 31.2. The number of hydrogen-bond acceptors (Lipinski definition) is 3. The van der Waals surface area contributed by atoms with Gasteiger partial charge in [0.15, 0.2) is 0 Å². The van der Waals surface area contributed by atoms with Crippen LogP contribution in [0.4, 0.5) is 0 Å². The van der Waals surface area contributed by atoms with Gasteiger partial charge in [0, 0.05) is 5.92 Å². The topological polar surface area (TPSA) is 49.7 Å². The molecule has 3 aromatic carbocycles. The van der Waals surface area contributed by atoms with Crippen LogP contribution >= 0.6 is 8.60 Å². The second-order valence-electron chi connectivity index (χ2n) is 6.07. The fraction of sp³-hybridized carbons (Fsp3) is 0.143. The molecule has 0 aromatic heterocycles. The van der Waals surface area contributed by atoms with Gasteiger partial charge in [0.25, 0.3) is 0 Å². The minimum atomic E-state index is -2.53. The van der Waals surface area contributed by atoms with Gasteiger partial charge in [0.2, 0.25) is 0 Å². The molecule has 0 bridgehead atoms. The molecule has 0 amide bonds. The number of rotatable bonds is 6. The van der Waals surface area contributed by atoms with Crippen molar-refractivity contribution in [1.82, 2.24) is 0 Å². The van der Waals surface area contributed by atoms with Gasteiger partial charge in [-0.3, -0.25) is 0 Å². The first-order valence-corrected chi connectivity index (χ1v) is 9.30. The molecule has 0 spiro atoms. The normalized spacial score (nSPS) is 13.8. The van der Waals surface area contributed by atoms with E-state index >= 15 is 0 Å². The van der Waals surface area contributed by atoms with Gasteiger partial charge in [-0.2, -0.15) is 0 Å². The molecule has 0 aliphatic rings.